The fourth-order valence-corrected chi connectivity index (χ4v) is 4.74. The molecule has 1 unspecified atom stereocenters. The Labute approximate surface area is 218 Å². The Morgan fingerprint density at radius 3 is 2.21 bits per heavy atom. The van der Waals surface area contributed by atoms with Gasteiger partial charge in [-0.05, 0) is 34.7 Å². The van der Waals surface area contributed by atoms with Crippen LogP contribution in [0.5, 0.6) is 0 Å². The normalized spacial score (nSPS) is 13.3. The highest BCUT2D eigenvalue weighted by molar-refractivity contribution is 6.08. The second-order valence-electron chi connectivity index (χ2n) is 8.66. The van der Waals surface area contributed by atoms with E-state index >= 15 is 0 Å². The molecule has 1 aromatic heterocycles. The number of aromatic nitrogens is 1. The first kappa shape index (κ1) is 24.8. The van der Waals surface area contributed by atoms with Gasteiger partial charge in [0, 0.05) is 17.4 Å². The minimum Gasteiger partial charge on any atom is -0.465 e. The minimum atomic E-state index is -0.714. The van der Waals surface area contributed by atoms with E-state index in [-0.39, 0.29) is 18.1 Å². The summed E-state index contributed by atoms with van der Waals surface area (Å²) >= 11 is 0. The zero-order valence-electron chi connectivity index (χ0n) is 20.9. The van der Waals surface area contributed by atoms with E-state index in [1.54, 1.807) is 12.1 Å². The van der Waals surface area contributed by atoms with E-state index in [4.69, 9.17) is 18.9 Å². The van der Waals surface area contributed by atoms with E-state index in [9.17, 15) is 14.4 Å². The number of hydrogen-bond donors (Lipinski definition) is 0. The predicted octanol–water partition coefficient (Wildman–Crippen LogP) is 4.87. The first-order chi connectivity index (χ1) is 18.5. The standard InChI is InChI=1S/C30H25NO7/c1-35-29(33)21-13-14-22-23(16-21)26(20-11-7-4-8-12-20)27(30(34)36-2)31(28(22)32)24(25-17-37-18-38-25)15-19-9-5-3-6-10-19/h3-14,16-17,24H,15,18H2,1-2H3. The quantitative estimate of drug-likeness (QED) is 0.327. The third-order valence-corrected chi connectivity index (χ3v) is 6.48. The summed E-state index contributed by atoms with van der Waals surface area (Å²) in [5.74, 6) is -0.854. The van der Waals surface area contributed by atoms with Gasteiger partial charge in [-0.3, -0.25) is 9.36 Å². The summed E-state index contributed by atoms with van der Waals surface area (Å²) in [5, 5.41) is 0.749. The zero-order chi connectivity index (χ0) is 26.6. The van der Waals surface area contributed by atoms with Crippen LogP contribution in [0.3, 0.4) is 0 Å². The van der Waals surface area contributed by atoms with Crippen LogP contribution in [-0.2, 0) is 25.4 Å². The Balaban J connectivity index is 1.90. The molecule has 38 heavy (non-hydrogen) atoms. The molecule has 0 fully saturated rings. The molecular formula is C30H25NO7. The zero-order valence-corrected chi connectivity index (χ0v) is 20.9. The van der Waals surface area contributed by atoms with E-state index in [1.807, 2.05) is 60.7 Å². The maximum Gasteiger partial charge on any atom is 0.355 e. The van der Waals surface area contributed by atoms with Gasteiger partial charge in [0.1, 0.15) is 18.0 Å². The van der Waals surface area contributed by atoms with Crippen molar-refractivity contribution in [3.63, 3.8) is 0 Å². The van der Waals surface area contributed by atoms with E-state index < -0.39 is 23.5 Å². The maximum absolute atomic E-state index is 14.2. The van der Waals surface area contributed by atoms with Crippen LogP contribution in [0.15, 0.2) is 95.7 Å². The third kappa shape index (κ3) is 4.52. The van der Waals surface area contributed by atoms with Crippen LogP contribution in [0, 0.1) is 0 Å². The number of ether oxygens (including phenoxy) is 4. The molecule has 1 atom stereocenters. The molecule has 1 aliphatic rings. The summed E-state index contributed by atoms with van der Waals surface area (Å²) in [5.41, 5.74) is 1.91. The molecule has 3 aromatic carbocycles. The molecule has 0 saturated heterocycles. The Morgan fingerprint density at radius 2 is 1.58 bits per heavy atom. The number of rotatable bonds is 7. The topological polar surface area (TPSA) is 93.1 Å². The lowest BCUT2D eigenvalue weighted by Gasteiger charge is -2.26. The maximum atomic E-state index is 14.2. The molecule has 4 aromatic rings. The average Bonchev–Trinajstić information content (AvgIpc) is 3.51. The number of carbonyl (C=O) groups is 2. The Kier molecular flexibility index (Phi) is 6.95. The fraction of sp³-hybridized carbons (Fsp3) is 0.167. The molecule has 0 radical (unpaired) electrons. The van der Waals surface area contributed by atoms with Gasteiger partial charge in [0.25, 0.3) is 5.56 Å². The highest BCUT2D eigenvalue weighted by atomic mass is 16.7. The molecule has 8 nitrogen and oxygen atoms in total. The van der Waals surface area contributed by atoms with E-state index in [0.717, 1.165) is 5.56 Å². The van der Waals surface area contributed by atoms with Gasteiger partial charge in [0.05, 0.1) is 19.8 Å². The van der Waals surface area contributed by atoms with Crippen molar-refractivity contribution in [2.45, 2.75) is 12.5 Å². The third-order valence-electron chi connectivity index (χ3n) is 6.48. The number of benzene rings is 3. The molecular weight excluding hydrogens is 486 g/mol. The number of carbonyl (C=O) groups excluding carboxylic acids is 2. The van der Waals surface area contributed by atoms with Gasteiger partial charge in [-0.2, -0.15) is 0 Å². The Bertz CT molecular complexity index is 1590. The summed E-state index contributed by atoms with van der Waals surface area (Å²) in [4.78, 5) is 40.1. The van der Waals surface area contributed by atoms with Crippen LogP contribution in [0.2, 0.25) is 0 Å². The van der Waals surface area contributed by atoms with Crippen molar-refractivity contribution in [3.8, 4) is 11.1 Å². The number of pyridine rings is 1. The van der Waals surface area contributed by atoms with Crippen LogP contribution in [-0.4, -0.2) is 37.5 Å². The molecule has 8 heteroatoms. The van der Waals surface area contributed by atoms with Crippen LogP contribution < -0.4 is 5.56 Å². The van der Waals surface area contributed by atoms with Crippen molar-refractivity contribution in [2.24, 2.45) is 0 Å². The number of fused-ring (bicyclic) bond motifs is 1. The molecule has 0 amide bonds. The van der Waals surface area contributed by atoms with Crippen LogP contribution in [0.4, 0.5) is 0 Å². The molecule has 5 rings (SSSR count). The lowest BCUT2D eigenvalue weighted by molar-refractivity contribution is 0.0572. The summed E-state index contributed by atoms with van der Waals surface area (Å²) < 4.78 is 22.7. The Morgan fingerprint density at radius 1 is 0.895 bits per heavy atom. The summed E-state index contributed by atoms with van der Waals surface area (Å²) in [6.07, 6.45) is 1.81. The predicted molar refractivity (Wildman–Crippen MR) is 141 cm³/mol. The number of allylic oxidation sites excluding steroid dienone is 1. The molecule has 1 aliphatic heterocycles. The van der Waals surface area contributed by atoms with Gasteiger partial charge in [0.15, 0.2) is 5.76 Å². The van der Waals surface area contributed by atoms with Crippen molar-refractivity contribution in [2.75, 3.05) is 21.0 Å². The van der Waals surface area contributed by atoms with Crippen molar-refractivity contribution < 1.29 is 28.5 Å². The summed E-state index contributed by atoms with van der Waals surface area (Å²) in [6.45, 7) is 0.00451. The first-order valence-electron chi connectivity index (χ1n) is 12.0. The van der Waals surface area contributed by atoms with Crippen LogP contribution >= 0.6 is 0 Å². The highest BCUT2D eigenvalue weighted by Crippen LogP contribution is 2.36. The van der Waals surface area contributed by atoms with Crippen molar-refractivity contribution in [1.82, 2.24) is 4.57 Å². The van der Waals surface area contributed by atoms with Gasteiger partial charge in [-0.25, -0.2) is 9.59 Å². The monoisotopic (exact) mass is 511 g/mol. The molecule has 192 valence electrons. The lowest BCUT2D eigenvalue weighted by atomic mass is 9.93. The van der Waals surface area contributed by atoms with Gasteiger partial charge < -0.3 is 18.9 Å². The number of hydrogen-bond acceptors (Lipinski definition) is 7. The minimum absolute atomic E-state index is 0.00451. The van der Waals surface area contributed by atoms with E-state index in [1.165, 1.54) is 31.1 Å². The number of esters is 2. The number of nitrogens with zero attached hydrogens (tertiary/aromatic N) is 1. The molecule has 2 heterocycles. The summed E-state index contributed by atoms with van der Waals surface area (Å²) in [6, 6.07) is 22.7. The smallest absolute Gasteiger partial charge is 0.355 e. The molecule has 0 saturated carbocycles. The Hall–Kier alpha value is -4.85. The fourth-order valence-electron chi connectivity index (χ4n) is 4.74. The van der Waals surface area contributed by atoms with Crippen molar-refractivity contribution in [3.05, 3.63) is 118 Å². The molecule has 0 N–H and O–H groups in total. The lowest BCUT2D eigenvalue weighted by Crippen LogP contribution is -2.33. The molecule has 0 bridgehead atoms. The van der Waals surface area contributed by atoms with Gasteiger partial charge in [-0.15, -0.1) is 0 Å². The van der Waals surface area contributed by atoms with Crippen LogP contribution in [0.25, 0.3) is 21.9 Å². The van der Waals surface area contributed by atoms with Crippen molar-refractivity contribution >= 4 is 22.7 Å². The average molecular weight is 512 g/mol. The van der Waals surface area contributed by atoms with Crippen LogP contribution in [0.1, 0.15) is 32.5 Å². The second kappa shape index (κ2) is 10.6. The highest BCUT2D eigenvalue weighted by Gasteiger charge is 2.32. The van der Waals surface area contributed by atoms with E-state index in [2.05, 4.69) is 0 Å². The van der Waals surface area contributed by atoms with E-state index in [0.29, 0.717) is 34.1 Å². The van der Waals surface area contributed by atoms with Crippen molar-refractivity contribution in [1.29, 1.82) is 0 Å². The van der Waals surface area contributed by atoms with Gasteiger partial charge >= 0.3 is 11.9 Å². The van der Waals surface area contributed by atoms with Gasteiger partial charge in [0.2, 0.25) is 6.79 Å². The second-order valence-corrected chi connectivity index (χ2v) is 8.66. The molecule has 0 spiro atoms. The molecule has 0 aliphatic carbocycles. The summed E-state index contributed by atoms with van der Waals surface area (Å²) in [7, 11) is 2.55. The SMILES string of the molecule is COC(=O)c1ccc2c(=O)n(C(Cc3ccccc3)C3=COCO3)c(C(=O)OC)c(-c3ccccc3)c2c1. The first-order valence-corrected chi connectivity index (χ1v) is 12.0. The largest absolute Gasteiger partial charge is 0.465 e. The van der Waals surface area contributed by atoms with Gasteiger partial charge in [-0.1, -0.05) is 60.7 Å². The number of methoxy groups -OCH3 is 2.